The molecule has 2 aromatic heterocycles. The summed E-state index contributed by atoms with van der Waals surface area (Å²) in [6.45, 7) is 9.98. The minimum Gasteiger partial charge on any atom is -0.470 e. The molecule has 0 radical (unpaired) electrons. The number of amides is 2. The zero-order valence-electron chi connectivity index (χ0n) is 45.2. The lowest BCUT2D eigenvalue weighted by Gasteiger charge is -2.37. The fourth-order valence-corrected chi connectivity index (χ4v) is 12.7. The molecule has 0 aromatic carbocycles. The molecule has 80 heavy (non-hydrogen) atoms. The Morgan fingerprint density at radius 1 is 0.800 bits per heavy atom. The van der Waals surface area contributed by atoms with Crippen LogP contribution in [0, 0.1) is 0 Å². The van der Waals surface area contributed by atoms with E-state index in [1.165, 1.54) is 24.8 Å². The number of esters is 8. The Labute approximate surface area is 468 Å². The Kier molecular flexibility index (Phi) is 24.5. The predicted octanol–water partition coefficient (Wildman–Crippen LogP) is -0.156. The van der Waals surface area contributed by atoms with E-state index in [1.54, 1.807) is 32.4 Å². The summed E-state index contributed by atoms with van der Waals surface area (Å²) in [5.41, 5.74) is -0.804. The fraction of sp³-hybridized carbons (Fsp3) is 0.652. The number of hydrogen-bond acceptors (Lipinski definition) is 30. The number of nitrogens with zero attached hydrogens (tertiary/aromatic N) is 4. The van der Waals surface area contributed by atoms with Gasteiger partial charge in [-0.3, -0.25) is 24.0 Å². The Bertz CT molecular complexity index is 2810. The molecule has 4 rings (SSSR count). The molecule has 2 N–H and O–H groups in total. The molecule has 2 aromatic rings. The minimum absolute atomic E-state index is 0.0656. The maximum atomic E-state index is 13.7. The largest absolute Gasteiger partial charge is 0.470 e. The maximum Gasteiger partial charge on any atom is 0.347 e. The number of carbonyl (C=O) groups excluding carboxylic acids is 10. The lowest BCUT2D eigenvalue weighted by molar-refractivity contribution is -0.179. The van der Waals surface area contributed by atoms with E-state index < -0.39 is 177 Å². The van der Waals surface area contributed by atoms with Crippen molar-refractivity contribution < 1.29 is 112 Å². The number of ether oxygens (including phenoxy) is 10. The summed E-state index contributed by atoms with van der Waals surface area (Å²) >= 11 is 1.33. The molecule has 6 atom stereocenters. The average molecular weight is 1210 g/mol. The van der Waals surface area contributed by atoms with Crippen LogP contribution in [0.1, 0.15) is 93.2 Å². The summed E-state index contributed by atoms with van der Waals surface area (Å²) in [7, 11) is -8.46. The number of morpholine rings is 1. The van der Waals surface area contributed by atoms with Crippen LogP contribution >= 0.6 is 23.1 Å². The summed E-state index contributed by atoms with van der Waals surface area (Å²) < 4.78 is 113. The van der Waals surface area contributed by atoms with E-state index >= 15 is 0 Å². The second-order valence-corrected chi connectivity index (χ2v) is 24.7. The molecule has 0 aliphatic carbocycles. The number of aromatic nitrogens is 2. The van der Waals surface area contributed by atoms with Crippen LogP contribution in [0.3, 0.4) is 0 Å². The van der Waals surface area contributed by atoms with E-state index in [1.807, 2.05) is 4.90 Å². The van der Waals surface area contributed by atoms with Crippen LogP contribution in [-0.4, -0.2) is 198 Å². The molecule has 4 heterocycles. The number of hydrogen-bond donors (Lipinski definition) is 2. The van der Waals surface area contributed by atoms with Gasteiger partial charge in [-0.05, 0) is 67.5 Å². The van der Waals surface area contributed by atoms with Crippen LogP contribution in [0.4, 0.5) is 5.82 Å². The molecule has 1 saturated heterocycles. The van der Waals surface area contributed by atoms with Gasteiger partial charge in [-0.1, -0.05) is 6.92 Å². The SMILES string of the molecule is CCN[C@H]1C[C@H](C)S(=O)(=O)c2sc(S(=O)(=O)NC(=O)C(C)OC(=O)CCC(=O)OCC(=O)OCC(=O)N(C[C@@H](COc3nsnc3N3CCOCC3)OC(=O)COC(=O)COC(=O)C(C)OC(=O)C(C)OC(C)=O)C(C)(C)C)cc21. The molecule has 30 nitrogen and oxygen atoms in total. The van der Waals surface area contributed by atoms with Crippen LogP contribution in [0.2, 0.25) is 0 Å². The molecule has 0 spiro atoms. The third-order valence-corrected chi connectivity index (χ3v) is 17.5. The smallest absolute Gasteiger partial charge is 0.347 e. The van der Waals surface area contributed by atoms with Crippen LogP contribution < -0.4 is 19.7 Å². The number of fused-ring (bicyclic) bond motifs is 1. The van der Waals surface area contributed by atoms with Gasteiger partial charge in [-0.25, -0.2) is 45.5 Å². The molecule has 1 fully saturated rings. The second kappa shape index (κ2) is 29.7. The molecule has 0 bridgehead atoms. The Morgan fingerprint density at radius 2 is 1.40 bits per heavy atom. The van der Waals surface area contributed by atoms with Gasteiger partial charge in [0.25, 0.3) is 27.7 Å². The lowest BCUT2D eigenvalue weighted by Crippen LogP contribution is -2.52. The van der Waals surface area contributed by atoms with Gasteiger partial charge in [0.05, 0.1) is 49.6 Å². The van der Waals surface area contributed by atoms with Gasteiger partial charge in [-0.15, -0.1) is 15.7 Å². The fourth-order valence-electron chi connectivity index (χ4n) is 7.17. The number of thiophene rings is 1. The highest BCUT2D eigenvalue weighted by atomic mass is 32.3. The zero-order valence-corrected chi connectivity index (χ0v) is 48.4. The van der Waals surface area contributed by atoms with Crippen LogP contribution in [-0.2, 0) is 110 Å². The van der Waals surface area contributed by atoms with Crippen molar-refractivity contribution in [2.45, 2.75) is 131 Å². The van der Waals surface area contributed by atoms with Crippen molar-refractivity contribution in [3.05, 3.63) is 11.6 Å². The quantitative estimate of drug-likeness (QED) is 0.0826. The molecular weight excluding hydrogens is 1150 g/mol. The van der Waals surface area contributed by atoms with Crippen molar-refractivity contribution in [2.75, 3.05) is 77.3 Å². The summed E-state index contributed by atoms with van der Waals surface area (Å²) in [5, 5.41) is 2.34. The van der Waals surface area contributed by atoms with E-state index in [9.17, 15) is 64.8 Å². The molecule has 0 saturated carbocycles. The van der Waals surface area contributed by atoms with E-state index in [0.29, 0.717) is 50.0 Å². The van der Waals surface area contributed by atoms with E-state index in [0.717, 1.165) is 32.5 Å². The number of anilines is 1. The summed E-state index contributed by atoms with van der Waals surface area (Å²) in [4.78, 5) is 128. The first kappa shape index (κ1) is 65.9. The van der Waals surface area contributed by atoms with Gasteiger partial charge in [0.15, 0.2) is 60.7 Å². The zero-order chi connectivity index (χ0) is 59.7. The van der Waals surface area contributed by atoms with Crippen molar-refractivity contribution >= 4 is 108 Å². The van der Waals surface area contributed by atoms with Gasteiger partial charge in [0.2, 0.25) is 5.82 Å². The third kappa shape index (κ3) is 19.9. The molecule has 2 aliphatic heterocycles. The summed E-state index contributed by atoms with van der Waals surface area (Å²) in [5.74, 6) is -10.5. The highest BCUT2D eigenvalue weighted by Gasteiger charge is 2.40. The number of sulfone groups is 1. The van der Waals surface area contributed by atoms with Gasteiger partial charge in [-0.2, -0.15) is 4.37 Å². The normalized spacial score (nSPS) is 17.3. The third-order valence-electron chi connectivity index (χ3n) is 11.2. The van der Waals surface area contributed by atoms with Crippen LogP contribution in [0.15, 0.2) is 14.5 Å². The topological polar surface area (TPSA) is 388 Å². The van der Waals surface area contributed by atoms with Crippen molar-refractivity contribution in [3.8, 4) is 5.88 Å². The highest BCUT2D eigenvalue weighted by molar-refractivity contribution is 7.95. The van der Waals surface area contributed by atoms with Crippen molar-refractivity contribution in [1.29, 1.82) is 0 Å². The van der Waals surface area contributed by atoms with Gasteiger partial charge in [0, 0.05) is 37.2 Å². The predicted molar refractivity (Wildman–Crippen MR) is 273 cm³/mol. The second-order valence-electron chi connectivity index (χ2n) is 18.6. The molecule has 3 unspecified atom stereocenters. The average Bonchev–Trinajstić information content (AvgIpc) is 4.07. The van der Waals surface area contributed by atoms with Gasteiger partial charge < -0.3 is 62.5 Å². The first-order valence-electron chi connectivity index (χ1n) is 24.6. The molecule has 2 aliphatic rings. The Morgan fingerprint density at radius 3 is 2.04 bits per heavy atom. The minimum atomic E-state index is -4.62. The number of sulfonamides is 1. The highest BCUT2D eigenvalue weighted by Crippen LogP contribution is 2.42. The summed E-state index contributed by atoms with van der Waals surface area (Å²) in [6, 6.07) is 0.732. The first-order valence-corrected chi connectivity index (χ1v) is 29.2. The van der Waals surface area contributed by atoms with Gasteiger partial charge in [0.1, 0.15) is 15.0 Å². The number of carbonyl (C=O) groups is 10. The first-order chi connectivity index (χ1) is 37.4. The van der Waals surface area contributed by atoms with Gasteiger partial charge >= 0.3 is 47.8 Å². The van der Waals surface area contributed by atoms with Crippen molar-refractivity contribution in [3.63, 3.8) is 0 Å². The van der Waals surface area contributed by atoms with E-state index in [4.69, 9.17) is 42.6 Å². The monoisotopic (exact) mass is 1210 g/mol. The lowest BCUT2D eigenvalue weighted by atomic mass is 10.1. The summed E-state index contributed by atoms with van der Waals surface area (Å²) in [6.07, 6.45) is -7.04. The Hall–Kier alpha value is -6.62. The van der Waals surface area contributed by atoms with E-state index in [2.05, 4.69) is 18.8 Å². The molecule has 2 amide bonds. The molecule has 446 valence electrons. The number of nitrogens with one attached hydrogen (secondary N) is 2. The van der Waals surface area contributed by atoms with Crippen LogP contribution in [0.5, 0.6) is 5.88 Å². The van der Waals surface area contributed by atoms with Crippen molar-refractivity contribution in [2.24, 2.45) is 0 Å². The van der Waals surface area contributed by atoms with Crippen LogP contribution in [0.25, 0.3) is 0 Å². The Balaban J connectivity index is 1.28. The maximum absolute atomic E-state index is 13.7. The molecular formula is C46H64N6O24S4. The van der Waals surface area contributed by atoms with Crippen molar-refractivity contribution in [1.82, 2.24) is 23.7 Å². The molecule has 34 heteroatoms. The standard InChI is InChI=1S/C46H64N6O24S4/c1-10-47-32-17-25(2)79(63,64)45-31(32)18-39(77-45)80(65,66)50-41(60)26(3)74-35(56)12-11-34(55)69-22-36(57)68-21-33(54)52(46(7,8)9)19-30(20-71-42-40(48-78-49-42)51-13-15-67-16-14-51)76-38(59)24-70-37(58)23-72-43(61)27(4)75-44(62)28(5)73-29(6)53/h18,25-28,30,32,47H,10-17,19-24H2,1-9H3,(H,50,60)/t25-,26?,27?,28?,30-,32-/m0/s1. The number of rotatable bonds is 28. The van der Waals surface area contributed by atoms with E-state index in [-0.39, 0.29) is 22.1 Å².